The standard InChI is InChI=1S/C21H25N3O/c1-3-7-16(8-4-1)12-24-14-21(15-24)18-11-22-20(23-19(18)13-25-21)17-9-5-2-6-10-17/h1,3-4,7-8,11,17H,2,5-6,9-10,12-15H2. The van der Waals surface area contributed by atoms with Gasteiger partial charge in [-0.05, 0) is 18.4 Å². The Morgan fingerprint density at radius 2 is 1.88 bits per heavy atom. The van der Waals surface area contributed by atoms with Crippen molar-refractivity contribution in [1.82, 2.24) is 14.9 Å². The summed E-state index contributed by atoms with van der Waals surface area (Å²) < 4.78 is 6.21. The number of aromatic nitrogens is 2. The van der Waals surface area contributed by atoms with Gasteiger partial charge in [0.15, 0.2) is 0 Å². The third-order valence-electron chi connectivity index (χ3n) is 6.04. The Bertz CT molecular complexity index is 749. The van der Waals surface area contributed by atoms with E-state index in [1.165, 1.54) is 43.2 Å². The molecule has 2 fully saturated rings. The van der Waals surface area contributed by atoms with Crippen molar-refractivity contribution in [1.29, 1.82) is 0 Å². The lowest BCUT2D eigenvalue weighted by molar-refractivity contribution is -0.145. The molecular formula is C21H25N3O. The zero-order chi connectivity index (χ0) is 16.7. The highest BCUT2D eigenvalue weighted by molar-refractivity contribution is 5.33. The molecule has 1 aromatic heterocycles. The van der Waals surface area contributed by atoms with Gasteiger partial charge in [0.1, 0.15) is 11.4 Å². The van der Waals surface area contributed by atoms with Crippen LogP contribution in [0.15, 0.2) is 36.5 Å². The average Bonchev–Trinajstić information content (AvgIpc) is 3.02. The van der Waals surface area contributed by atoms with Gasteiger partial charge in [0, 0.05) is 37.3 Å². The highest BCUT2D eigenvalue weighted by Crippen LogP contribution is 2.43. The van der Waals surface area contributed by atoms with Crippen LogP contribution in [0, 0.1) is 0 Å². The number of likely N-dealkylation sites (tertiary alicyclic amines) is 1. The van der Waals surface area contributed by atoms with Crippen LogP contribution in [0.5, 0.6) is 0 Å². The average molecular weight is 335 g/mol. The summed E-state index contributed by atoms with van der Waals surface area (Å²) in [7, 11) is 0. The van der Waals surface area contributed by atoms with E-state index in [-0.39, 0.29) is 5.60 Å². The highest BCUT2D eigenvalue weighted by Gasteiger charge is 2.50. The van der Waals surface area contributed by atoms with Crippen LogP contribution in [0.3, 0.4) is 0 Å². The van der Waals surface area contributed by atoms with Crippen molar-refractivity contribution in [3.8, 4) is 0 Å². The number of nitrogens with zero attached hydrogens (tertiary/aromatic N) is 3. The van der Waals surface area contributed by atoms with Crippen LogP contribution in [0.25, 0.3) is 0 Å². The Hall–Kier alpha value is -1.78. The molecule has 5 rings (SSSR count). The van der Waals surface area contributed by atoms with Gasteiger partial charge < -0.3 is 4.74 Å². The fourth-order valence-electron chi connectivity index (χ4n) is 4.66. The van der Waals surface area contributed by atoms with Gasteiger partial charge in [0.25, 0.3) is 0 Å². The first kappa shape index (κ1) is 15.5. The maximum absolute atomic E-state index is 6.21. The topological polar surface area (TPSA) is 38.2 Å². The Labute approximate surface area is 149 Å². The summed E-state index contributed by atoms with van der Waals surface area (Å²) in [5.74, 6) is 1.62. The van der Waals surface area contributed by atoms with Crippen molar-refractivity contribution in [2.75, 3.05) is 13.1 Å². The molecule has 0 N–H and O–H groups in total. The van der Waals surface area contributed by atoms with Crippen molar-refractivity contribution >= 4 is 0 Å². The molecule has 0 unspecified atom stereocenters. The summed E-state index contributed by atoms with van der Waals surface area (Å²) >= 11 is 0. The molecular weight excluding hydrogens is 310 g/mol. The molecule has 2 aliphatic heterocycles. The minimum absolute atomic E-state index is 0.158. The van der Waals surface area contributed by atoms with E-state index in [1.807, 2.05) is 0 Å². The zero-order valence-electron chi connectivity index (χ0n) is 14.7. The molecule has 1 aromatic carbocycles. The lowest BCUT2D eigenvalue weighted by Gasteiger charge is -2.47. The molecule has 4 nitrogen and oxygen atoms in total. The number of fused-ring (bicyclic) bond motifs is 2. The Balaban J connectivity index is 1.29. The largest absolute Gasteiger partial charge is 0.361 e. The van der Waals surface area contributed by atoms with Crippen LogP contribution in [-0.4, -0.2) is 28.0 Å². The van der Waals surface area contributed by atoms with Crippen molar-refractivity contribution in [3.63, 3.8) is 0 Å². The van der Waals surface area contributed by atoms with E-state index in [0.29, 0.717) is 12.5 Å². The lowest BCUT2D eigenvalue weighted by Crippen LogP contribution is -2.58. The fourth-order valence-corrected chi connectivity index (χ4v) is 4.66. The van der Waals surface area contributed by atoms with Crippen LogP contribution in [0.2, 0.25) is 0 Å². The smallest absolute Gasteiger partial charge is 0.131 e. The SMILES string of the molecule is c1ccc(CN2CC3(C2)OCc2nc(C4CCCCC4)ncc23)cc1. The molecule has 0 amide bonds. The van der Waals surface area contributed by atoms with Gasteiger partial charge in [0.2, 0.25) is 0 Å². The van der Waals surface area contributed by atoms with Crippen molar-refractivity contribution in [2.45, 2.75) is 56.8 Å². The van der Waals surface area contributed by atoms with Gasteiger partial charge in [-0.3, -0.25) is 4.90 Å². The van der Waals surface area contributed by atoms with Gasteiger partial charge in [-0.1, -0.05) is 49.6 Å². The molecule has 25 heavy (non-hydrogen) atoms. The number of hydrogen-bond acceptors (Lipinski definition) is 4. The Morgan fingerprint density at radius 1 is 1.08 bits per heavy atom. The first-order valence-electron chi connectivity index (χ1n) is 9.59. The molecule has 3 heterocycles. The first-order valence-corrected chi connectivity index (χ1v) is 9.59. The van der Waals surface area contributed by atoms with Gasteiger partial charge in [-0.25, -0.2) is 9.97 Å². The molecule has 0 radical (unpaired) electrons. The van der Waals surface area contributed by atoms with Crippen molar-refractivity contribution < 1.29 is 4.74 Å². The molecule has 2 aromatic rings. The molecule has 3 aliphatic rings. The van der Waals surface area contributed by atoms with Crippen LogP contribution >= 0.6 is 0 Å². The summed E-state index contributed by atoms with van der Waals surface area (Å²) in [6.45, 7) is 3.53. The van der Waals surface area contributed by atoms with Gasteiger partial charge in [0.05, 0.1) is 12.3 Å². The number of ether oxygens (including phenoxy) is 1. The van der Waals surface area contributed by atoms with E-state index in [1.54, 1.807) is 0 Å². The molecule has 1 saturated heterocycles. The van der Waals surface area contributed by atoms with Crippen molar-refractivity contribution in [2.24, 2.45) is 0 Å². The van der Waals surface area contributed by atoms with Crippen LogP contribution in [0.1, 0.15) is 60.7 Å². The van der Waals surface area contributed by atoms with Crippen molar-refractivity contribution in [3.05, 3.63) is 59.2 Å². The molecule has 1 aliphatic carbocycles. The van der Waals surface area contributed by atoms with E-state index >= 15 is 0 Å². The van der Waals surface area contributed by atoms with E-state index in [2.05, 4.69) is 41.4 Å². The minimum atomic E-state index is -0.158. The maximum atomic E-state index is 6.21. The molecule has 130 valence electrons. The number of hydrogen-bond donors (Lipinski definition) is 0. The lowest BCUT2D eigenvalue weighted by atomic mass is 9.86. The first-order chi connectivity index (χ1) is 12.3. The summed E-state index contributed by atoms with van der Waals surface area (Å²) in [6, 6.07) is 10.7. The fraction of sp³-hybridized carbons (Fsp3) is 0.524. The predicted molar refractivity (Wildman–Crippen MR) is 96.0 cm³/mol. The molecule has 4 heteroatoms. The molecule has 1 spiro atoms. The van der Waals surface area contributed by atoms with Crippen LogP contribution in [0.4, 0.5) is 0 Å². The van der Waals surface area contributed by atoms with Crippen LogP contribution < -0.4 is 0 Å². The Kier molecular flexibility index (Phi) is 3.83. The van der Waals surface area contributed by atoms with E-state index in [0.717, 1.165) is 31.2 Å². The second-order valence-electron chi connectivity index (χ2n) is 7.84. The quantitative estimate of drug-likeness (QED) is 0.856. The van der Waals surface area contributed by atoms with Gasteiger partial charge >= 0.3 is 0 Å². The second-order valence-corrected chi connectivity index (χ2v) is 7.84. The Morgan fingerprint density at radius 3 is 2.68 bits per heavy atom. The van der Waals surface area contributed by atoms with Crippen LogP contribution in [-0.2, 0) is 23.5 Å². The van der Waals surface area contributed by atoms with E-state index < -0.39 is 0 Å². The zero-order valence-corrected chi connectivity index (χ0v) is 14.7. The predicted octanol–water partition coefficient (Wildman–Crippen LogP) is 3.77. The minimum Gasteiger partial charge on any atom is -0.361 e. The summed E-state index contributed by atoms with van der Waals surface area (Å²) in [5, 5.41) is 0. The van der Waals surface area contributed by atoms with Gasteiger partial charge in [-0.2, -0.15) is 0 Å². The van der Waals surface area contributed by atoms with E-state index in [4.69, 9.17) is 14.7 Å². The highest BCUT2D eigenvalue weighted by atomic mass is 16.5. The normalized spacial score (nSPS) is 22.7. The summed E-state index contributed by atoms with van der Waals surface area (Å²) in [5.41, 5.74) is 3.57. The molecule has 1 saturated carbocycles. The van der Waals surface area contributed by atoms with Gasteiger partial charge in [-0.15, -0.1) is 0 Å². The number of benzene rings is 1. The molecule has 0 bridgehead atoms. The monoisotopic (exact) mass is 335 g/mol. The third kappa shape index (κ3) is 2.77. The molecule has 0 atom stereocenters. The third-order valence-corrected chi connectivity index (χ3v) is 6.04. The maximum Gasteiger partial charge on any atom is 0.131 e. The van der Waals surface area contributed by atoms with E-state index in [9.17, 15) is 0 Å². The second kappa shape index (κ2) is 6.19. The summed E-state index contributed by atoms with van der Waals surface area (Å²) in [4.78, 5) is 12.1. The summed E-state index contributed by atoms with van der Waals surface area (Å²) in [6.07, 6.45) is 8.56. The number of rotatable bonds is 3.